The van der Waals surface area contributed by atoms with Gasteiger partial charge in [-0.05, 0) is 31.2 Å². The summed E-state index contributed by atoms with van der Waals surface area (Å²) < 4.78 is 53.2. The second kappa shape index (κ2) is 5.61. The first kappa shape index (κ1) is 15.1. The quantitative estimate of drug-likeness (QED) is 0.883. The van der Waals surface area contributed by atoms with Crippen molar-refractivity contribution in [3.63, 3.8) is 0 Å². The summed E-state index contributed by atoms with van der Waals surface area (Å²) in [7, 11) is -4.43. The van der Waals surface area contributed by atoms with Gasteiger partial charge >= 0.3 is 0 Å². The lowest BCUT2D eigenvalue weighted by Gasteiger charge is -2.10. The third kappa shape index (κ3) is 3.25. The molecule has 1 N–H and O–H groups in total. The zero-order valence-corrected chi connectivity index (χ0v) is 11.7. The smallest absolute Gasteiger partial charge is 0.267 e. The highest BCUT2D eigenvalue weighted by atomic mass is 32.2. The maximum atomic E-state index is 13.5. The molecule has 2 aromatic carbocycles. The Balaban J connectivity index is 2.43. The number of nitrogens with one attached hydrogen (secondary N) is 1. The van der Waals surface area contributed by atoms with E-state index < -0.39 is 26.6 Å². The minimum atomic E-state index is -4.43. The van der Waals surface area contributed by atoms with E-state index in [1.54, 1.807) is 0 Å². The van der Waals surface area contributed by atoms with Gasteiger partial charge in [-0.3, -0.25) is 9.52 Å². The van der Waals surface area contributed by atoms with Crippen LogP contribution in [0.4, 0.5) is 14.5 Å². The van der Waals surface area contributed by atoms with E-state index in [1.165, 1.54) is 31.2 Å². The number of hydrogen-bond donors (Lipinski definition) is 1. The van der Waals surface area contributed by atoms with Crippen LogP contribution in [-0.4, -0.2) is 14.2 Å². The molecule has 0 aromatic heterocycles. The number of rotatable bonds is 4. The minimum Gasteiger partial charge on any atom is -0.295 e. The zero-order valence-electron chi connectivity index (χ0n) is 10.9. The highest BCUT2D eigenvalue weighted by molar-refractivity contribution is 7.92. The van der Waals surface area contributed by atoms with Crippen LogP contribution >= 0.6 is 0 Å². The molecule has 0 unspecified atom stereocenters. The molecule has 0 aliphatic carbocycles. The molecule has 0 heterocycles. The highest BCUT2D eigenvalue weighted by Crippen LogP contribution is 2.22. The van der Waals surface area contributed by atoms with Gasteiger partial charge in [0.15, 0.2) is 10.7 Å². The summed E-state index contributed by atoms with van der Waals surface area (Å²) in [5.41, 5.74) is 0.328. The van der Waals surface area contributed by atoms with Gasteiger partial charge in [-0.15, -0.1) is 0 Å². The van der Waals surface area contributed by atoms with Crippen LogP contribution in [0, 0.1) is 11.6 Å². The van der Waals surface area contributed by atoms with Crippen molar-refractivity contribution in [2.75, 3.05) is 4.72 Å². The molecule has 0 bridgehead atoms. The molecular formula is C14H11F2NO3S. The summed E-state index contributed by atoms with van der Waals surface area (Å²) in [6.45, 7) is 1.32. The van der Waals surface area contributed by atoms with Crippen LogP contribution in [0.1, 0.15) is 17.3 Å². The molecule has 2 rings (SSSR count). The van der Waals surface area contributed by atoms with Gasteiger partial charge in [0.2, 0.25) is 0 Å². The van der Waals surface area contributed by atoms with Gasteiger partial charge in [0.1, 0.15) is 11.6 Å². The van der Waals surface area contributed by atoms with Gasteiger partial charge < -0.3 is 0 Å². The summed E-state index contributed by atoms with van der Waals surface area (Å²) in [5, 5.41) is 0. The lowest BCUT2D eigenvalue weighted by atomic mass is 10.1. The maximum absolute atomic E-state index is 13.5. The van der Waals surface area contributed by atoms with Gasteiger partial charge in [-0.25, -0.2) is 17.2 Å². The van der Waals surface area contributed by atoms with Crippen LogP contribution in [-0.2, 0) is 10.0 Å². The van der Waals surface area contributed by atoms with Crippen molar-refractivity contribution in [2.45, 2.75) is 11.8 Å². The Labute approximate surface area is 120 Å². The van der Waals surface area contributed by atoms with Crippen LogP contribution in [0.5, 0.6) is 0 Å². The van der Waals surface area contributed by atoms with E-state index in [2.05, 4.69) is 4.72 Å². The number of carbonyl (C=O) groups is 1. The molecule has 0 aliphatic rings. The molecular weight excluding hydrogens is 300 g/mol. The average molecular weight is 311 g/mol. The molecule has 0 aliphatic heterocycles. The largest absolute Gasteiger partial charge is 0.295 e. The van der Waals surface area contributed by atoms with E-state index in [4.69, 9.17) is 0 Å². The lowest BCUT2D eigenvalue weighted by molar-refractivity contribution is 0.101. The van der Waals surface area contributed by atoms with Crippen molar-refractivity contribution >= 4 is 21.5 Å². The predicted octanol–water partition coefficient (Wildman–Crippen LogP) is 2.97. The number of benzene rings is 2. The number of carbonyl (C=O) groups excluding carboxylic acids is 1. The first-order chi connectivity index (χ1) is 9.81. The Kier molecular flexibility index (Phi) is 4.04. The van der Waals surface area contributed by atoms with E-state index in [-0.39, 0.29) is 17.0 Å². The van der Waals surface area contributed by atoms with Gasteiger partial charge in [-0.2, -0.15) is 0 Å². The number of anilines is 1. The first-order valence-corrected chi connectivity index (χ1v) is 7.37. The minimum absolute atomic E-state index is 0.0466. The van der Waals surface area contributed by atoms with E-state index in [0.717, 1.165) is 18.2 Å². The summed E-state index contributed by atoms with van der Waals surface area (Å²) in [5.74, 6) is -2.64. The van der Waals surface area contributed by atoms with Gasteiger partial charge in [-0.1, -0.05) is 18.2 Å². The fourth-order valence-corrected chi connectivity index (χ4v) is 2.94. The lowest BCUT2D eigenvalue weighted by Crippen LogP contribution is -2.16. The Morgan fingerprint density at radius 2 is 1.62 bits per heavy atom. The SMILES string of the molecule is CC(=O)c1cccc(NS(=O)(=O)c2c(F)cccc2F)c1. The van der Waals surface area contributed by atoms with Crippen molar-refractivity contribution in [2.24, 2.45) is 0 Å². The van der Waals surface area contributed by atoms with E-state index >= 15 is 0 Å². The number of hydrogen-bond acceptors (Lipinski definition) is 3. The molecule has 110 valence electrons. The van der Waals surface area contributed by atoms with Crippen molar-refractivity contribution in [1.82, 2.24) is 0 Å². The van der Waals surface area contributed by atoms with E-state index in [1.807, 2.05) is 0 Å². The summed E-state index contributed by atoms with van der Waals surface area (Å²) in [6, 6.07) is 8.41. The van der Waals surface area contributed by atoms with Gasteiger partial charge in [0, 0.05) is 11.3 Å². The summed E-state index contributed by atoms with van der Waals surface area (Å²) in [4.78, 5) is 10.2. The molecule has 0 amide bonds. The first-order valence-electron chi connectivity index (χ1n) is 5.89. The number of ketones is 1. The van der Waals surface area contributed by atoms with Crippen LogP contribution in [0.2, 0.25) is 0 Å². The molecule has 4 nitrogen and oxygen atoms in total. The summed E-state index contributed by atoms with van der Waals surface area (Å²) >= 11 is 0. The average Bonchev–Trinajstić information content (AvgIpc) is 2.37. The van der Waals surface area contributed by atoms with E-state index in [9.17, 15) is 22.0 Å². The Hall–Kier alpha value is -2.28. The van der Waals surface area contributed by atoms with E-state index in [0.29, 0.717) is 0 Å². The molecule has 2 aromatic rings. The van der Waals surface area contributed by atoms with Crippen LogP contribution in [0.15, 0.2) is 47.4 Å². The number of Topliss-reactive ketones (excluding diaryl/α,β-unsaturated/α-hetero) is 1. The fourth-order valence-electron chi connectivity index (χ4n) is 1.75. The second-order valence-corrected chi connectivity index (χ2v) is 5.91. The predicted molar refractivity (Wildman–Crippen MR) is 73.6 cm³/mol. The topological polar surface area (TPSA) is 63.2 Å². The molecule has 7 heteroatoms. The standard InChI is InChI=1S/C14H11F2NO3S/c1-9(18)10-4-2-5-11(8-10)17-21(19,20)14-12(15)6-3-7-13(14)16/h2-8,17H,1H3. The second-order valence-electron chi connectivity index (χ2n) is 4.29. The summed E-state index contributed by atoms with van der Waals surface area (Å²) in [6.07, 6.45) is 0. The molecule has 0 atom stereocenters. The van der Waals surface area contributed by atoms with Crippen molar-refractivity contribution in [3.05, 3.63) is 59.7 Å². The number of halogens is 2. The van der Waals surface area contributed by atoms with Crippen LogP contribution < -0.4 is 4.72 Å². The van der Waals surface area contributed by atoms with Crippen molar-refractivity contribution < 1.29 is 22.0 Å². The third-order valence-electron chi connectivity index (χ3n) is 2.71. The number of sulfonamides is 1. The Morgan fingerprint density at radius 3 is 2.19 bits per heavy atom. The van der Waals surface area contributed by atoms with Crippen molar-refractivity contribution in [3.8, 4) is 0 Å². The molecule has 0 spiro atoms. The maximum Gasteiger partial charge on any atom is 0.267 e. The molecule has 0 saturated heterocycles. The molecule has 0 saturated carbocycles. The zero-order chi connectivity index (χ0) is 15.6. The van der Waals surface area contributed by atoms with Crippen LogP contribution in [0.3, 0.4) is 0 Å². The van der Waals surface area contributed by atoms with Crippen molar-refractivity contribution in [1.29, 1.82) is 0 Å². The van der Waals surface area contributed by atoms with Gasteiger partial charge in [0.05, 0.1) is 0 Å². The molecule has 0 radical (unpaired) electrons. The van der Waals surface area contributed by atoms with Gasteiger partial charge in [0.25, 0.3) is 10.0 Å². The highest BCUT2D eigenvalue weighted by Gasteiger charge is 2.23. The normalized spacial score (nSPS) is 11.2. The third-order valence-corrected chi connectivity index (χ3v) is 4.14. The van der Waals surface area contributed by atoms with Crippen LogP contribution in [0.25, 0.3) is 0 Å². The Bertz CT molecular complexity index is 783. The molecule has 21 heavy (non-hydrogen) atoms. The molecule has 0 fully saturated rings. The monoisotopic (exact) mass is 311 g/mol. The Morgan fingerprint density at radius 1 is 1.05 bits per heavy atom. The fraction of sp³-hybridized carbons (Fsp3) is 0.0714.